The molecule has 0 unspecified atom stereocenters. The van der Waals surface area contributed by atoms with Crippen LogP contribution in [0, 0.1) is 6.92 Å². The fourth-order valence-corrected chi connectivity index (χ4v) is 4.32. The summed E-state index contributed by atoms with van der Waals surface area (Å²) in [5.74, 6) is 0.733. The standard InChI is InChI=1S/C26H26N4O4S/c1-4-20-12-21-25(35-20)27-16-30(26(21)32)14-24(31)29-28-13-19-9-10-22(23(11-19)33-3)34-15-18-7-5-17(2)6-8-18/h5-13,16H,4,14-15H2,1-3H3,(H,29,31)/b28-13+. The highest BCUT2D eigenvalue weighted by atomic mass is 32.1. The van der Waals surface area contributed by atoms with E-state index in [4.69, 9.17) is 9.47 Å². The number of aromatic nitrogens is 2. The normalized spacial score (nSPS) is 11.2. The molecule has 0 aliphatic carbocycles. The predicted octanol–water partition coefficient (Wildman–Crippen LogP) is 4.07. The maximum atomic E-state index is 12.6. The van der Waals surface area contributed by atoms with Gasteiger partial charge in [0.1, 0.15) is 18.0 Å². The van der Waals surface area contributed by atoms with Crippen molar-refractivity contribution in [2.45, 2.75) is 33.4 Å². The zero-order valence-corrected chi connectivity index (χ0v) is 20.6. The number of benzene rings is 2. The van der Waals surface area contributed by atoms with E-state index in [9.17, 15) is 9.59 Å². The molecule has 1 amide bonds. The van der Waals surface area contributed by atoms with Crippen molar-refractivity contribution in [3.8, 4) is 11.5 Å². The number of nitrogens with zero attached hydrogens (tertiary/aromatic N) is 3. The number of fused-ring (bicyclic) bond motifs is 1. The average Bonchev–Trinajstić information content (AvgIpc) is 3.30. The highest BCUT2D eigenvalue weighted by Crippen LogP contribution is 2.28. The summed E-state index contributed by atoms with van der Waals surface area (Å²) < 4.78 is 12.6. The van der Waals surface area contributed by atoms with Crippen LogP contribution in [0.25, 0.3) is 10.2 Å². The number of nitrogens with one attached hydrogen (secondary N) is 1. The Kier molecular flexibility index (Phi) is 7.57. The van der Waals surface area contributed by atoms with Crippen molar-refractivity contribution in [3.05, 3.63) is 86.8 Å². The van der Waals surface area contributed by atoms with Crippen LogP contribution in [0.4, 0.5) is 0 Å². The largest absolute Gasteiger partial charge is 0.493 e. The molecule has 2 aromatic heterocycles. The van der Waals surface area contributed by atoms with Crippen LogP contribution in [0.5, 0.6) is 11.5 Å². The molecule has 0 saturated carbocycles. The Hall–Kier alpha value is -3.98. The smallest absolute Gasteiger partial charge is 0.262 e. The Morgan fingerprint density at radius 2 is 1.97 bits per heavy atom. The molecule has 0 aliphatic rings. The zero-order valence-electron chi connectivity index (χ0n) is 19.8. The number of thiophene rings is 1. The van der Waals surface area contributed by atoms with Gasteiger partial charge in [-0.1, -0.05) is 36.8 Å². The van der Waals surface area contributed by atoms with Crippen molar-refractivity contribution in [1.82, 2.24) is 15.0 Å². The number of hydrogen-bond donors (Lipinski definition) is 1. The van der Waals surface area contributed by atoms with Crippen molar-refractivity contribution in [2.24, 2.45) is 5.10 Å². The fraction of sp³-hybridized carbons (Fsp3) is 0.231. The Morgan fingerprint density at radius 1 is 1.17 bits per heavy atom. The average molecular weight is 491 g/mol. The molecular weight excluding hydrogens is 464 g/mol. The second kappa shape index (κ2) is 11.0. The number of carbonyl (C=O) groups excluding carboxylic acids is 1. The van der Waals surface area contributed by atoms with E-state index >= 15 is 0 Å². The molecule has 0 radical (unpaired) electrons. The summed E-state index contributed by atoms with van der Waals surface area (Å²) in [5.41, 5.74) is 5.18. The van der Waals surface area contributed by atoms with E-state index in [2.05, 4.69) is 15.5 Å². The summed E-state index contributed by atoms with van der Waals surface area (Å²) in [4.78, 5) is 31.0. The van der Waals surface area contributed by atoms with Crippen molar-refractivity contribution >= 4 is 33.7 Å². The predicted molar refractivity (Wildman–Crippen MR) is 137 cm³/mol. The first-order valence-corrected chi connectivity index (χ1v) is 11.9. The van der Waals surface area contributed by atoms with Gasteiger partial charge in [0.2, 0.25) is 0 Å². The quantitative estimate of drug-likeness (QED) is 0.282. The molecular formula is C26H26N4O4S. The van der Waals surface area contributed by atoms with Gasteiger partial charge in [-0.25, -0.2) is 10.4 Å². The first-order valence-electron chi connectivity index (χ1n) is 11.1. The second-order valence-electron chi connectivity index (χ2n) is 7.94. The molecule has 4 aromatic rings. The Labute approximate surface area is 206 Å². The molecule has 9 heteroatoms. The molecule has 2 aromatic carbocycles. The van der Waals surface area contributed by atoms with Crippen molar-refractivity contribution < 1.29 is 14.3 Å². The van der Waals surface area contributed by atoms with Crippen LogP contribution in [0.15, 0.2) is 64.8 Å². The van der Waals surface area contributed by atoms with E-state index in [-0.39, 0.29) is 12.1 Å². The minimum atomic E-state index is -0.430. The number of aryl methyl sites for hydroxylation is 2. The van der Waals surface area contributed by atoms with Gasteiger partial charge in [0.15, 0.2) is 11.5 Å². The van der Waals surface area contributed by atoms with Gasteiger partial charge in [-0.2, -0.15) is 5.10 Å². The fourth-order valence-electron chi connectivity index (χ4n) is 3.39. The molecule has 0 saturated heterocycles. The lowest BCUT2D eigenvalue weighted by atomic mass is 10.2. The number of hydrazone groups is 1. The Bertz CT molecular complexity index is 1420. The van der Waals surface area contributed by atoms with Gasteiger partial charge in [-0.15, -0.1) is 11.3 Å². The molecule has 4 rings (SSSR count). The van der Waals surface area contributed by atoms with E-state index in [1.165, 1.54) is 34.0 Å². The van der Waals surface area contributed by atoms with Crippen molar-refractivity contribution in [2.75, 3.05) is 7.11 Å². The minimum absolute atomic E-state index is 0.175. The lowest BCUT2D eigenvalue weighted by Gasteiger charge is -2.11. The number of methoxy groups -OCH3 is 1. The van der Waals surface area contributed by atoms with E-state index in [1.807, 2.05) is 50.2 Å². The van der Waals surface area contributed by atoms with Crippen LogP contribution in [0.3, 0.4) is 0 Å². The third-order valence-corrected chi connectivity index (χ3v) is 6.52. The van der Waals surface area contributed by atoms with E-state index < -0.39 is 5.91 Å². The minimum Gasteiger partial charge on any atom is -0.493 e. The van der Waals surface area contributed by atoms with Gasteiger partial charge in [0.25, 0.3) is 11.5 Å². The van der Waals surface area contributed by atoms with Crippen molar-refractivity contribution in [1.29, 1.82) is 0 Å². The van der Waals surface area contributed by atoms with Gasteiger partial charge in [0, 0.05) is 4.88 Å². The van der Waals surface area contributed by atoms with E-state index in [1.54, 1.807) is 19.2 Å². The van der Waals surface area contributed by atoms with Gasteiger partial charge in [-0.3, -0.25) is 14.2 Å². The maximum absolute atomic E-state index is 12.6. The number of hydrogen-bond acceptors (Lipinski definition) is 7. The van der Waals surface area contributed by atoms with E-state index in [0.717, 1.165) is 22.4 Å². The third kappa shape index (κ3) is 5.93. The lowest BCUT2D eigenvalue weighted by Crippen LogP contribution is -2.29. The molecule has 1 N–H and O–H groups in total. The topological polar surface area (TPSA) is 94.8 Å². The van der Waals surface area contributed by atoms with E-state index in [0.29, 0.717) is 28.3 Å². The molecule has 8 nitrogen and oxygen atoms in total. The van der Waals surface area contributed by atoms with Gasteiger partial charge >= 0.3 is 0 Å². The number of ether oxygens (including phenoxy) is 2. The summed E-state index contributed by atoms with van der Waals surface area (Å²) in [6, 6.07) is 15.3. The first kappa shape index (κ1) is 24.2. The Morgan fingerprint density at radius 3 is 2.71 bits per heavy atom. The maximum Gasteiger partial charge on any atom is 0.262 e. The molecule has 0 bridgehead atoms. The summed E-state index contributed by atoms with van der Waals surface area (Å²) in [7, 11) is 1.57. The third-order valence-electron chi connectivity index (χ3n) is 5.34. The summed E-state index contributed by atoms with van der Waals surface area (Å²) in [6.07, 6.45) is 3.73. The highest BCUT2D eigenvalue weighted by molar-refractivity contribution is 7.18. The highest BCUT2D eigenvalue weighted by Gasteiger charge is 2.11. The molecule has 2 heterocycles. The van der Waals surface area contributed by atoms with Crippen LogP contribution < -0.4 is 20.5 Å². The van der Waals surface area contributed by atoms with Crippen molar-refractivity contribution in [3.63, 3.8) is 0 Å². The second-order valence-corrected chi connectivity index (χ2v) is 9.06. The number of rotatable bonds is 9. The summed E-state index contributed by atoms with van der Waals surface area (Å²) >= 11 is 1.49. The van der Waals surface area contributed by atoms with Crippen LogP contribution in [0.2, 0.25) is 0 Å². The lowest BCUT2D eigenvalue weighted by molar-refractivity contribution is -0.121. The molecule has 180 valence electrons. The SMILES string of the molecule is CCc1cc2c(=O)n(CC(=O)N/N=C/c3ccc(OCc4ccc(C)cc4)c(OC)c3)cnc2s1. The van der Waals surface area contributed by atoms with Crippen LogP contribution in [0.1, 0.15) is 28.5 Å². The molecule has 0 spiro atoms. The van der Waals surface area contributed by atoms with Gasteiger partial charge in [0.05, 0.1) is 25.0 Å². The molecule has 0 fully saturated rings. The number of carbonyl (C=O) groups is 1. The van der Waals surface area contributed by atoms with Gasteiger partial charge < -0.3 is 9.47 Å². The van der Waals surface area contributed by atoms with Crippen LogP contribution in [-0.2, 0) is 24.4 Å². The summed E-state index contributed by atoms with van der Waals surface area (Å²) in [6.45, 7) is 4.31. The van der Waals surface area contributed by atoms with Crippen LogP contribution in [-0.4, -0.2) is 28.8 Å². The zero-order chi connectivity index (χ0) is 24.8. The Balaban J connectivity index is 1.36. The van der Waals surface area contributed by atoms with Gasteiger partial charge in [-0.05, 0) is 48.7 Å². The van der Waals surface area contributed by atoms with Crippen LogP contribution >= 0.6 is 11.3 Å². The monoisotopic (exact) mass is 490 g/mol. The summed E-state index contributed by atoms with van der Waals surface area (Å²) in [5, 5.41) is 4.53. The molecule has 35 heavy (non-hydrogen) atoms. The first-order chi connectivity index (χ1) is 17.0. The molecule has 0 atom stereocenters. The number of amides is 1. The molecule has 0 aliphatic heterocycles.